The van der Waals surface area contributed by atoms with Crippen molar-refractivity contribution in [3.05, 3.63) is 42.2 Å². The van der Waals surface area contributed by atoms with Crippen molar-refractivity contribution >= 4 is 11.8 Å². The van der Waals surface area contributed by atoms with Crippen LogP contribution >= 0.6 is 0 Å². The van der Waals surface area contributed by atoms with E-state index in [1.807, 2.05) is 37.3 Å². The molecule has 3 aliphatic rings. The molecule has 20 heavy (non-hydrogen) atoms. The first-order valence-electron chi connectivity index (χ1n) is 6.72. The largest absolute Gasteiger partial charge is 0.362 e. The SMILES string of the molecule is CC12C=CC(O1)C1C(=O)N(Cc3ccccn3)C(=O)C12. The predicted octanol–water partition coefficient (Wildman–Crippen LogP) is 0.910. The third kappa shape index (κ3) is 1.38. The molecule has 0 aliphatic carbocycles. The monoisotopic (exact) mass is 270 g/mol. The van der Waals surface area contributed by atoms with Crippen LogP contribution < -0.4 is 0 Å². The van der Waals surface area contributed by atoms with Crippen molar-refractivity contribution in [1.82, 2.24) is 9.88 Å². The highest BCUT2D eigenvalue weighted by Gasteiger charge is 2.65. The Labute approximate surface area is 116 Å². The van der Waals surface area contributed by atoms with E-state index in [0.717, 1.165) is 5.69 Å². The summed E-state index contributed by atoms with van der Waals surface area (Å²) in [4.78, 5) is 30.6. The van der Waals surface area contributed by atoms with Gasteiger partial charge in [-0.05, 0) is 19.1 Å². The van der Waals surface area contributed by atoms with Crippen molar-refractivity contribution in [2.45, 2.75) is 25.2 Å². The van der Waals surface area contributed by atoms with Crippen molar-refractivity contribution in [2.24, 2.45) is 11.8 Å². The number of carbonyl (C=O) groups excluding carboxylic acids is 2. The number of hydrogen-bond acceptors (Lipinski definition) is 4. The number of imide groups is 1. The lowest BCUT2D eigenvalue weighted by atomic mass is 9.78. The van der Waals surface area contributed by atoms with Crippen LogP contribution in [0.5, 0.6) is 0 Å². The molecule has 1 aromatic heterocycles. The van der Waals surface area contributed by atoms with E-state index >= 15 is 0 Å². The minimum Gasteiger partial charge on any atom is -0.362 e. The molecule has 4 rings (SSSR count). The van der Waals surface area contributed by atoms with Gasteiger partial charge in [0.15, 0.2) is 0 Å². The molecule has 3 aliphatic heterocycles. The summed E-state index contributed by atoms with van der Waals surface area (Å²) in [6.45, 7) is 2.12. The summed E-state index contributed by atoms with van der Waals surface area (Å²) in [6, 6.07) is 5.48. The number of ether oxygens (including phenoxy) is 1. The van der Waals surface area contributed by atoms with Gasteiger partial charge in [-0.3, -0.25) is 19.5 Å². The second-order valence-corrected chi connectivity index (χ2v) is 5.71. The summed E-state index contributed by atoms with van der Waals surface area (Å²) in [5.41, 5.74) is 0.0987. The lowest BCUT2D eigenvalue weighted by Crippen LogP contribution is -2.38. The molecule has 1 aromatic rings. The molecular formula is C15H14N2O3. The molecular weight excluding hydrogens is 256 g/mol. The van der Waals surface area contributed by atoms with Gasteiger partial charge in [0, 0.05) is 6.20 Å². The number of likely N-dealkylation sites (tertiary alicyclic amines) is 1. The molecule has 0 spiro atoms. The Kier molecular flexibility index (Phi) is 2.22. The number of amides is 2. The van der Waals surface area contributed by atoms with E-state index in [4.69, 9.17) is 4.74 Å². The molecule has 2 fully saturated rings. The fourth-order valence-electron chi connectivity index (χ4n) is 3.52. The lowest BCUT2D eigenvalue weighted by Gasteiger charge is -2.23. The number of fused-ring (bicyclic) bond motifs is 5. The maximum Gasteiger partial charge on any atom is 0.236 e. The minimum atomic E-state index is -0.624. The van der Waals surface area contributed by atoms with E-state index in [2.05, 4.69) is 4.98 Å². The molecule has 0 radical (unpaired) electrons. The van der Waals surface area contributed by atoms with Crippen molar-refractivity contribution in [3.63, 3.8) is 0 Å². The number of nitrogens with zero attached hydrogens (tertiary/aromatic N) is 2. The van der Waals surface area contributed by atoms with Crippen LogP contribution in [0.3, 0.4) is 0 Å². The first kappa shape index (κ1) is 11.8. The Hall–Kier alpha value is -2.01. The van der Waals surface area contributed by atoms with Crippen LogP contribution in [-0.4, -0.2) is 33.4 Å². The smallest absolute Gasteiger partial charge is 0.236 e. The van der Waals surface area contributed by atoms with Crippen LogP contribution in [0.4, 0.5) is 0 Å². The molecule has 4 atom stereocenters. The molecule has 2 bridgehead atoms. The van der Waals surface area contributed by atoms with E-state index in [1.54, 1.807) is 6.20 Å². The van der Waals surface area contributed by atoms with E-state index in [-0.39, 0.29) is 36.3 Å². The fraction of sp³-hybridized carbons (Fsp3) is 0.400. The average Bonchev–Trinajstić information content (AvgIpc) is 3.04. The van der Waals surface area contributed by atoms with E-state index in [0.29, 0.717) is 0 Å². The van der Waals surface area contributed by atoms with Crippen molar-refractivity contribution in [3.8, 4) is 0 Å². The van der Waals surface area contributed by atoms with Gasteiger partial charge in [0.05, 0.1) is 35.8 Å². The molecule has 5 heteroatoms. The summed E-state index contributed by atoms with van der Waals surface area (Å²) < 4.78 is 5.77. The van der Waals surface area contributed by atoms with E-state index < -0.39 is 5.60 Å². The molecule has 0 aromatic carbocycles. The highest BCUT2D eigenvalue weighted by atomic mass is 16.5. The van der Waals surface area contributed by atoms with Crippen LogP contribution in [0.1, 0.15) is 12.6 Å². The standard InChI is InChI=1S/C15H14N2O3/c1-15-6-5-10(20-15)11-12(15)14(19)17(13(11)18)8-9-4-2-3-7-16-9/h2-7,10-12H,8H2,1H3. The summed E-state index contributed by atoms with van der Waals surface area (Å²) in [5.74, 6) is -1.02. The highest BCUT2D eigenvalue weighted by Crippen LogP contribution is 2.51. The Bertz CT molecular complexity index is 627. The highest BCUT2D eigenvalue weighted by molar-refractivity contribution is 6.07. The summed E-state index contributed by atoms with van der Waals surface area (Å²) in [7, 11) is 0. The first-order valence-corrected chi connectivity index (χ1v) is 6.72. The molecule has 2 amide bonds. The van der Waals surface area contributed by atoms with Crippen molar-refractivity contribution in [2.75, 3.05) is 0 Å². The van der Waals surface area contributed by atoms with E-state index in [1.165, 1.54) is 4.90 Å². The summed E-state index contributed by atoms with van der Waals surface area (Å²) in [6.07, 6.45) is 5.22. The van der Waals surface area contributed by atoms with Crippen LogP contribution in [0.15, 0.2) is 36.5 Å². The van der Waals surface area contributed by atoms with Gasteiger partial charge in [-0.2, -0.15) is 0 Å². The molecule has 102 valence electrons. The average molecular weight is 270 g/mol. The zero-order valence-corrected chi connectivity index (χ0v) is 11.0. The normalized spacial score (nSPS) is 37.9. The van der Waals surface area contributed by atoms with Crippen molar-refractivity contribution in [1.29, 1.82) is 0 Å². The third-order valence-electron chi connectivity index (χ3n) is 4.47. The van der Waals surface area contributed by atoms with Gasteiger partial charge < -0.3 is 4.74 Å². The number of pyridine rings is 1. The maximum absolute atomic E-state index is 12.6. The van der Waals surface area contributed by atoms with Crippen LogP contribution in [0.25, 0.3) is 0 Å². The summed E-state index contributed by atoms with van der Waals surface area (Å²) in [5, 5.41) is 0. The Morgan fingerprint density at radius 3 is 2.90 bits per heavy atom. The van der Waals surface area contributed by atoms with Gasteiger partial charge in [0.2, 0.25) is 11.8 Å². The predicted molar refractivity (Wildman–Crippen MR) is 69.2 cm³/mol. The number of carbonyl (C=O) groups is 2. The first-order chi connectivity index (χ1) is 9.60. The van der Waals surface area contributed by atoms with Gasteiger partial charge in [-0.25, -0.2) is 0 Å². The van der Waals surface area contributed by atoms with Gasteiger partial charge >= 0.3 is 0 Å². The number of hydrogen-bond donors (Lipinski definition) is 0. The summed E-state index contributed by atoms with van der Waals surface area (Å²) >= 11 is 0. The van der Waals surface area contributed by atoms with E-state index in [9.17, 15) is 9.59 Å². The van der Waals surface area contributed by atoms with Gasteiger partial charge in [0.1, 0.15) is 0 Å². The Morgan fingerprint density at radius 2 is 2.20 bits per heavy atom. The lowest BCUT2D eigenvalue weighted by molar-refractivity contribution is -0.144. The van der Waals surface area contributed by atoms with Crippen LogP contribution in [0, 0.1) is 11.8 Å². The fourth-order valence-corrected chi connectivity index (χ4v) is 3.52. The zero-order chi connectivity index (χ0) is 13.9. The van der Waals surface area contributed by atoms with Gasteiger partial charge in [-0.15, -0.1) is 0 Å². The quantitative estimate of drug-likeness (QED) is 0.592. The topological polar surface area (TPSA) is 59.5 Å². The van der Waals surface area contributed by atoms with Crippen LogP contribution in [0.2, 0.25) is 0 Å². The molecule has 4 heterocycles. The third-order valence-corrected chi connectivity index (χ3v) is 4.47. The maximum atomic E-state index is 12.6. The van der Waals surface area contributed by atoms with Crippen molar-refractivity contribution < 1.29 is 14.3 Å². The van der Waals surface area contributed by atoms with Gasteiger partial charge in [-0.1, -0.05) is 18.2 Å². The zero-order valence-electron chi connectivity index (χ0n) is 11.0. The molecule has 4 unspecified atom stereocenters. The molecule has 0 N–H and O–H groups in total. The molecule has 0 saturated carbocycles. The molecule has 2 saturated heterocycles. The second-order valence-electron chi connectivity index (χ2n) is 5.71. The Balaban J connectivity index is 1.66. The van der Waals surface area contributed by atoms with Crippen LogP contribution in [-0.2, 0) is 20.9 Å². The number of aromatic nitrogens is 1. The number of rotatable bonds is 2. The van der Waals surface area contributed by atoms with Gasteiger partial charge in [0.25, 0.3) is 0 Å². The Morgan fingerprint density at radius 1 is 1.35 bits per heavy atom. The minimum absolute atomic E-state index is 0.135. The second kappa shape index (κ2) is 3.76. The molecule has 5 nitrogen and oxygen atoms in total.